The molecule has 2 nitrogen and oxygen atoms in total. The van der Waals surface area contributed by atoms with Crippen molar-refractivity contribution in [2.45, 2.75) is 25.4 Å². The fourth-order valence-corrected chi connectivity index (χ4v) is 2.46. The van der Waals surface area contributed by atoms with E-state index in [1.165, 1.54) is 25.0 Å². The molecule has 1 aliphatic carbocycles. The third kappa shape index (κ3) is 3.05. The first kappa shape index (κ1) is 14.0. The van der Waals surface area contributed by atoms with Gasteiger partial charge >= 0.3 is 0 Å². The van der Waals surface area contributed by atoms with Gasteiger partial charge in [0.15, 0.2) is 0 Å². The van der Waals surface area contributed by atoms with Gasteiger partial charge in [0.05, 0.1) is 11.4 Å². The van der Waals surface area contributed by atoms with E-state index in [-0.39, 0.29) is 11.6 Å². The Morgan fingerprint density at radius 1 is 1.05 bits per heavy atom. The molecule has 1 fully saturated rings. The molecule has 0 spiro atoms. The number of nitrogens with one attached hydrogen (secondary N) is 1. The molecule has 0 aliphatic heterocycles. The van der Waals surface area contributed by atoms with Crippen molar-refractivity contribution in [3.8, 4) is 0 Å². The molecule has 1 N–H and O–H groups in total. The number of hydrogen-bond acceptors (Lipinski definition) is 2. The van der Waals surface area contributed by atoms with Gasteiger partial charge in [0.2, 0.25) is 0 Å². The van der Waals surface area contributed by atoms with Crippen molar-refractivity contribution in [3.63, 3.8) is 0 Å². The molecular formula is C17H18F2N2. The normalized spacial score (nSPS) is 14.2. The highest BCUT2D eigenvalue weighted by Crippen LogP contribution is 2.32. The number of nitrogens with zero attached hydrogens (tertiary/aromatic N) is 1. The third-order valence-corrected chi connectivity index (χ3v) is 3.78. The van der Waals surface area contributed by atoms with Gasteiger partial charge in [-0.05, 0) is 36.6 Å². The van der Waals surface area contributed by atoms with Crippen molar-refractivity contribution < 1.29 is 8.78 Å². The van der Waals surface area contributed by atoms with E-state index >= 15 is 0 Å². The Morgan fingerprint density at radius 3 is 2.48 bits per heavy atom. The highest BCUT2D eigenvalue weighted by molar-refractivity contribution is 5.66. The minimum atomic E-state index is -0.357. The Labute approximate surface area is 123 Å². The first-order valence-corrected chi connectivity index (χ1v) is 7.16. The minimum absolute atomic E-state index is 0.337. The van der Waals surface area contributed by atoms with Gasteiger partial charge in [-0.25, -0.2) is 8.78 Å². The van der Waals surface area contributed by atoms with Crippen LogP contribution in [0.1, 0.15) is 18.4 Å². The summed E-state index contributed by atoms with van der Waals surface area (Å²) in [5.74, 6) is -0.694. The smallest absolute Gasteiger partial charge is 0.147 e. The molecule has 0 radical (unpaired) electrons. The molecule has 0 aromatic heterocycles. The average molecular weight is 288 g/mol. The van der Waals surface area contributed by atoms with Crippen molar-refractivity contribution in [1.82, 2.24) is 5.32 Å². The van der Waals surface area contributed by atoms with E-state index in [2.05, 4.69) is 5.32 Å². The van der Waals surface area contributed by atoms with Gasteiger partial charge in [-0.3, -0.25) is 0 Å². The molecule has 110 valence electrons. The second-order valence-corrected chi connectivity index (χ2v) is 5.41. The molecule has 0 amide bonds. The molecule has 1 aliphatic rings. The van der Waals surface area contributed by atoms with E-state index in [1.807, 2.05) is 6.07 Å². The average Bonchev–Trinajstić information content (AvgIpc) is 3.29. The van der Waals surface area contributed by atoms with Crippen molar-refractivity contribution in [2.24, 2.45) is 0 Å². The first-order chi connectivity index (χ1) is 10.2. The maximum Gasteiger partial charge on any atom is 0.147 e. The van der Waals surface area contributed by atoms with Crippen molar-refractivity contribution in [3.05, 3.63) is 59.7 Å². The largest absolute Gasteiger partial charge is 0.340 e. The fourth-order valence-electron chi connectivity index (χ4n) is 2.46. The van der Waals surface area contributed by atoms with Crippen LogP contribution in [-0.4, -0.2) is 13.1 Å². The van der Waals surface area contributed by atoms with Crippen LogP contribution in [0.2, 0.25) is 0 Å². The SMILES string of the molecule is CN(c1ccccc1F)c1c(F)cccc1CNC1CC1. The lowest BCUT2D eigenvalue weighted by Gasteiger charge is -2.24. The van der Waals surface area contributed by atoms with Crippen molar-refractivity contribution in [2.75, 3.05) is 11.9 Å². The second kappa shape index (κ2) is 5.82. The number of anilines is 2. The van der Waals surface area contributed by atoms with Crippen LogP contribution in [0.25, 0.3) is 0 Å². The molecule has 4 heteroatoms. The molecule has 0 bridgehead atoms. The summed E-state index contributed by atoms with van der Waals surface area (Å²) in [5.41, 5.74) is 1.64. The van der Waals surface area contributed by atoms with Gasteiger partial charge in [0, 0.05) is 19.6 Å². The summed E-state index contributed by atoms with van der Waals surface area (Å²) >= 11 is 0. The zero-order valence-corrected chi connectivity index (χ0v) is 11.9. The number of benzene rings is 2. The number of para-hydroxylation sites is 2. The topological polar surface area (TPSA) is 15.3 Å². The maximum atomic E-state index is 14.3. The number of hydrogen-bond donors (Lipinski definition) is 1. The lowest BCUT2D eigenvalue weighted by Crippen LogP contribution is -2.20. The molecule has 0 heterocycles. The van der Waals surface area contributed by atoms with E-state index in [4.69, 9.17) is 0 Å². The summed E-state index contributed by atoms with van der Waals surface area (Å²) in [5, 5.41) is 3.37. The summed E-state index contributed by atoms with van der Waals surface area (Å²) in [4.78, 5) is 1.58. The van der Waals surface area contributed by atoms with E-state index < -0.39 is 0 Å². The molecule has 3 rings (SSSR count). The molecule has 0 saturated heterocycles. The molecule has 21 heavy (non-hydrogen) atoms. The van der Waals surface area contributed by atoms with Crippen LogP contribution >= 0.6 is 0 Å². The van der Waals surface area contributed by atoms with Gasteiger partial charge in [-0.15, -0.1) is 0 Å². The molecule has 2 aromatic carbocycles. The molecule has 2 aromatic rings. The van der Waals surface area contributed by atoms with Gasteiger partial charge in [0.1, 0.15) is 11.6 Å². The van der Waals surface area contributed by atoms with Crippen molar-refractivity contribution in [1.29, 1.82) is 0 Å². The summed E-state index contributed by atoms with van der Waals surface area (Å²) in [7, 11) is 1.69. The Bertz CT molecular complexity index is 638. The standard InChI is InChI=1S/C17H18F2N2/c1-21(16-8-3-2-6-14(16)18)17-12(5-4-7-15(17)19)11-20-13-9-10-13/h2-8,13,20H,9-11H2,1H3. The quantitative estimate of drug-likeness (QED) is 0.895. The van der Waals surface area contributed by atoms with Crippen LogP contribution in [0.4, 0.5) is 20.2 Å². The minimum Gasteiger partial charge on any atom is -0.340 e. The van der Waals surface area contributed by atoms with Gasteiger partial charge < -0.3 is 10.2 Å². The van der Waals surface area contributed by atoms with E-state index in [1.54, 1.807) is 36.2 Å². The highest BCUT2D eigenvalue weighted by atomic mass is 19.1. The Hall–Kier alpha value is -1.94. The number of halogens is 2. The molecule has 0 atom stereocenters. The fraction of sp³-hybridized carbons (Fsp3) is 0.294. The van der Waals surface area contributed by atoms with E-state index in [9.17, 15) is 8.78 Å². The summed E-state index contributed by atoms with van der Waals surface area (Å²) in [6.45, 7) is 0.594. The van der Waals surface area contributed by atoms with Crippen LogP contribution < -0.4 is 10.2 Å². The van der Waals surface area contributed by atoms with E-state index in [0.29, 0.717) is 24.0 Å². The Kier molecular flexibility index (Phi) is 3.88. The van der Waals surface area contributed by atoms with Gasteiger partial charge in [-0.1, -0.05) is 24.3 Å². The zero-order chi connectivity index (χ0) is 14.8. The summed E-state index contributed by atoms with van der Waals surface area (Å²) in [6.07, 6.45) is 2.35. The molecule has 0 unspecified atom stereocenters. The number of rotatable bonds is 5. The zero-order valence-electron chi connectivity index (χ0n) is 11.9. The van der Waals surface area contributed by atoms with E-state index in [0.717, 1.165) is 5.56 Å². The summed E-state index contributed by atoms with van der Waals surface area (Å²) < 4.78 is 28.2. The second-order valence-electron chi connectivity index (χ2n) is 5.41. The lowest BCUT2D eigenvalue weighted by atomic mass is 10.1. The Balaban J connectivity index is 1.93. The maximum absolute atomic E-state index is 14.3. The van der Waals surface area contributed by atoms with Crippen LogP contribution in [0.5, 0.6) is 0 Å². The highest BCUT2D eigenvalue weighted by Gasteiger charge is 2.22. The van der Waals surface area contributed by atoms with Crippen LogP contribution in [-0.2, 0) is 6.54 Å². The van der Waals surface area contributed by atoms with Crippen molar-refractivity contribution >= 4 is 11.4 Å². The molecule has 1 saturated carbocycles. The Morgan fingerprint density at radius 2 is 1.76 bits per heavy atom. The predicted molar refractivity (Wildman–Crippen MR) is 80.7 cm³/mol. The van der Waals surface area contributed by atoms with Gasteiger partial charge in [-0.2, -0.15) is 0 Å². The first-order valence-electron chi connectivity index (χ1n) is 7.16. The van der Waals surface area contributed by atoms with Crippen LogP contribution in [0, 0.1) is 11.6 Å². The predicted octanol–water partition coefficient (Wildman–Crippen LogP) is 3.98. The van der Waals surface area contributed by atoms with Crippen LogP contribution in [0.15, 0.2) is 42.5 Å². The monoisotopic (exact) mass is 288 g/mol. The molecular weight excluding hydrogens is 270 g/mol. The lowest BCUT2D eigenvalue weighted by molar-refractivity contribution is 0.612. The third-order valence-electron chi connectivity index (χ3n) is 3.78. The van der Waals surface area contributed by atoms with Crippen LogP contribution in [0.3, 0.4) is 0 Å². The summed E-state index contributed by atoms with van der Waals surface area (Å²) in [6, 6.07) is 11.9. The van der Waals surface area contributed by atoms with Gasteiger partial charge in [0.25, 0.3) is 0 Å².